The molecular formula is C13H22N4S3. The van der Waals surface area contributed by atoms with Crippen molar-refractivity contribution in [2.45, 2.75) is 60.3 Å². The Labute approximate surface area is 134 Å². The summed E-state index contributed by atoms with van der Waals surface area (Å²) in [7, 11) is 0. The van der Waals surface area contributed by atoms with Crippen molar-refractivity contribution in [1.82, 2.24) is 15.5 Å². The van der Waals surface area contributed by atoms with Crippen LogP contribution in [-0.2, 0) is 0 Å². The second-order valence-electron chi connectivity index (χ2n) is 5.09. The van der Waals surface area contributed by atoms with Crippen LogP contribution in [0.15, 0.2) is 8.68 Å². The maximum absolute atomic E-state index is 9.26. The highest BCUT2D eigenvalue weighted by Crippen LogP contribution is 2.28. The quantitative estimate of drug-likeness (QED) is 0.549. The molecule has 112 valence electrons. The molecule has 4 nitrogen and oxygen atoms in total. The third-order valence-electron chi connectivity index (χ3n) is 2.71. The van der Waals surface area contributed by atoms with E-state index in [2.05, 4.69) is 35.4 Å². The molecule has 0 amide bonds. The summed E-state index contributed by atoms with van der Waals surface area (Å²) in [5.41, 5.74) is -0.409. The van der Waals surface area contributed by atoms with Crippen LogP contribution in [0.1, 0.15) is 40.0 Å². The van der Waals surface area contributed by atoms with E-state index in [9.17, 15) is 5.26 Å². The number of nitriles is 1. The molecule has 0 saturated carbocycles. The minimum absolute atomic E-state index is 0.334. The predicted octanol–water partition coefficient (Wildman–Crippen LogP) is 3.80. The summed E-state index contributed by atoms with van der Waals surface area (Å²) >= 11 is 5.04. The second-order valence-corrected chi connectivity index (χ2v) is 8.46. The molecule has 0 saturated heterocycles. The van der Waals surface area contributed by atoms with Gasteiger partial charge in [-0.1, -0.05) is 34.9 Å². The smallest absolute Gasteiger partial charge is 0.175 e. The lowest BCUT2D eigenvalue weighted by atomic mass is 9.96. The molecule has 0 fully saturated rings. The van der Waals surface area contributed by atoms with E-state index >= 15 is 0 Å². The Morgan fingerprint density at radius 3 is 2.60 bits per heavy atom. The van der Waals surface area contributed by atoms with E-state index in [1.165, 1.54) is 0 Å². The van der Waals surface area contributed by atoms with Crippen LogP contribution in [0.5, 0.6) is 0 Å². The van der Waals surface area contributed by atoms with E-state index in [4.69, 9.17) is 0 Å². The van der Waals surface area contributed by atoms with Crippen LogP contribution in [-0.4, -0.2) is 33.8 Å². The molecule has 0 radical (unpaired) electrons. The van der Waals surface area contributed by atoms with Gasteiger partial charge in [-0.05, 0) is 46.3 Å². The standard InChI is InChI=1S/C13H22N4S3/c1-10(2)15-13(3,9-14)7-5-6-8-19-12-17-16-11(18-4)20-12/h10,15H,5-8H2,1-4H3. The second kappa shape index (κ2) is 8.88. The minimum atomic E-state index is -0.409. The maximum Gasteiger partial charge on any atom is 0.175 e. The lowest BCUT2D eigenvalue weighted by Crippen LogP contribution is -2.44. The van der Waals surface area contributed by atoms with Gasteiger partial charge in [-0.3, -0.25) is 5.32 Å². The van der Waals surface area contributed by atoms with Crippen LogP contribution in [0.25, 0.3) is 0 Å². The third-order valence-corrected chi connectivity index (χ3v) is 5.83. The zero-order valence-electron chi connectivity index (χ0n) is 12.5. The molecule has 1 aromatic rings. The summed E-state index contributed by atoms with van der Waals surface area (Å²) < 4.78 is 2.06. The largest absolute Gasteiger partial charge is 0.297 e. The van der Waals surface area contributed by atoms with Gasteiger partial charge in [-0.2, -0.15) is 5.26 Å². The summed E-state index contributed by atoms with van der Waals surface area (Å²) in [5, 5.41) is 20.8. The van der Waals surface area contributed by atoms with Crippen LogP contribution in [0.3, 0.4) is 0 Å². The van der Waals surface area contributed by atoms with Crippen molar-refractivity contribution in [1.29, 1.82) is 5.26 Å². The molecule has 0 bridgehead atoms. The molecule has 0 aliphatic heterocycles. The van der Waals surface area contributed by atoms with Gasteiger partial charge < -0.3 is 0 Å². The van der Waals surface area contributed by atoms with Crippen molar-refractivity contribution >= 4 is 34.9 Å². The number of nitrogens with zero attached hydrogens (tertiary/aromatic N) is 3. The van der Waals surface area contributed by atoms with Crippen molar-refractivity contribution in [3.63, 3.8) is 0 Å². The Morgan fingerprint density at radius 2 is 2.05 bits per heavy atom. The summed E-state index contributed by atoms with van der Waals surface area (Å²) in [6.07, 6.45) is 5.04. The number of aromatic nitrogens is 2. The van der Waals surface area contributed by atoms with Gasteiger partial charge >= 0.3 is 0 Å². The molecule has 20 heavy (non-hydrogen) atoms. The minimum Gasteiger partial charge on any atom is -0.297 e. The van der Waals surface area contributed by atoms with Crippen molar-refractivity contribution in [2.24, 2.45) is 0 Å². The average Bonchev–Trinajstić information content (AvgIpc) is 2.85. The van der Waals surface area contributed by atoms with E-state index in [0.717, 1.165) is 33.7 Å². The van der Waals surface area contributed by atoms with Crippen LogP contribution in [0, 0.1) is 11.3 Å². The highest BCUT2D eigenvalue weighted by Gasteiger charge is 2.23. The first-order chi connectivity index (χ1) is 9.49. The highest BCUT2D eigenvalue weighted by atomic mass is 32.2. The number of hydrogen-bond acceptors (Lipinski definition) is 7. The monoisotopic (exact) mass is 330 g/mol. The summed E-state index contributed by atoms with van der Waals surface area (Å²) in [4.78, 5) is 0. The van der Waals surface area contributed by atoms with Crippen molar-refractivity contribution < 1.29 is 0 Å². The van der Waals surface area contributed by atoms with Crippen LogP contribution in [0.4, 0.5) is 0 Å². The Balaban J connectivity index is 2.22. The average molecular weight is 331 g/mol. The van der Waals surface area contributed by atoms with E-state index in [0.29, 0.717) is 6.04 Å². The van der Waals surface area contributed by atoms with Crippen molar-refractivity contribution in [3.05, 3.63) is 0 Å². The number of thioether (sulfide) groups is 2. The number of unbranched alkanes of at least 4 members (excludes halogenated alkanes) is 1. The molecule has 1 N–H and O–H groups in total. The fourth-order valence-electron chi connectivity index (χ4n) is 1.88. The Hall–Kier alpha value is -0.290. The molecule has 1 unspecified atom stereocenters. The van der Waals surface area contributed by atoms with Gasteiger partial charge in [0.15, 0.2) is 8.68 Å². The van der Waals surface area contributed by atoms with Gasteiger partial charge in [-0.15, -0.1) is 10.2 Å². The van der Waals surface area contributed by atoms with E-state index in [-0.39, 0.29) is 0 Å². The topological polar surface area (TPSA) is 61.6 Å². The van der Waals surface area contributed by atoms with Crippen molar-refractivity contribution in [2.75, 3.05) is 12.0 Å². The van der Waals surface area contributed by atoms with E-state index < -0.39 is 5.54 Å². The fourth-order valence-corrected chi connectivity index (χ4v) is 4.38. The van der Waals surface area contributed by atoms with E-state index in [1.807, 2.05) is 13.2 Å². The summed E-state index contributed by atoms with van der Waals surface area (Å²) in [5.74, 6) is 1.03. The number of nitrogens with one attached hydrogen (secondary N) is 1. The van der Waals surface area contributed by atoms with Gasteiger partial charge in [0, 0.05) is 11.8 Å². The van der Waals surface area contributed by atoms with E-state index in [1.54, 1.807) is 34.9 Å². The molecular weight excluding hydrogens is 308 g/mol. The first-order valence-electron chi connectivity index (χ1n) is 6.68. The molecule has 0 spiro atoms. The molecule has 7 heteroatoms. The van der Waals surface area contributed by atoms with Crippen LogP contribution >= 0.6 is 34.9 Å². The zero-order chi connectivity index (χ0) is 15.0. The predicted molar refractivity (Wildman–Crippen MR) is 88.6 cm³/mol. The maximum atomic E-state index is 9.26. The van der Waals surface area contributed by atoms with Crippen LogP contribution in [0.2, 0.25) is 0 Å². The van der Waals surface area contributed by atoms with Gasteiger partial charge in [-0.25, -0.2) is 0 Å². The SMILES string of the molecule is CSc1nnc(SCCCCC(C)(C#N)NC(C)C)s1. The normalized spacial score (nSPS) is 14.2. The zero-order valence-corrected chi connectivity index (χ0v) is 14.9. The number of hydrogen-bond donors (Lipinski definition) is 1. The molecule has 0 aromatic carbocycles. The van der Waals surface area contributed by atoms with Gasteiger partial charge in [0.05, 0.1) is 6.07 Å². The summed E-state index contributed by atoms with van der Waals surface area (Å²) in [6, 6.07) is 2.72. The Kier molecular flexibility index (Phi) is 7.88. The molecule has 1 heterocycles. The van der Waals surface area contributed by atoms with Gasteiger partial charge in [0.2, 0.25) is 0 Å². The lowest BCUT2D eigenvalue weighted by molar-refractivity contribution is 0.372. The first-order valence-corrected chi connectivity index (χ1v) is 9.71. The molecule has 1 atom stereocenters. The number of rotatable bonds is 9. The molecule has 1 aromatic heterocycles. The summed E-state index contributed by atoms with van der Waals surface area (Å²) in [6.45, 7) is 6.13. The molecule has 1 rings (SSSR count). The Morgan fingerprint density at radius 1 is 1.35 bits per heavy atom. The van der Waals surface area contributed by atoms with Crippen LogP contribution < -0.4 is 5.32 Å². The highest BCUT2D eigenvalue weighted by molar-refractivity contribution is 8.02. The van der Waals surface area contributed by atoms with Gasteiger partial charge in [0.25, 0.3) is 0 Å². The molecule has 0 aliphatic rings. The van der Waals surface area contributed by atoms with Crippen molar-refractivity contribution in [3.8, 4) is 6.07 Å². The fraction of sp³-hybridized carbons (Fsp3) is 0.769. The Bertz CT molecular complexity index is 441. The molecule has 0 aliphatic carbocycles. The lowest BCUT2D eigenvalue weighted by Gasteiger charge is -2.25. The van der Waals surface area contributed by atoms with Gasteiger partial charge in [0.1, 0.15) is 5.54 Å². The first kappa shape index (κ1) is 17.8. The third kappa shape index (κ3) is 6.44.